The van der Waals surface area contributed by atoms with Crippen LogP contribution in [0.5, 0.6) is 11.5 Å². The van der Waals surface area contributed by atoms with Crippen molar-refractivity contribution in [2.75, 3.05) is 25.6 Å². The van der Waals surface area contributed by atoms with Crippen LogP contribution in [0.15, 0.2) is 66.7 Å². The molecule has 1 heterocycles. The van der Waals surface area contributed by atoms with Crippen molar-refractivity contribution in [1.82, 2.24) is 4.90 Å². The monoisotopic (exact) mass is 452 g/mol. The third kappa shape index (κ3) is 5.52. The van der Waals surface area contributed by atoms with Gasteiger partial charge in [0.15, 0.2) is 0 Å². The van der Waals surface area contributed by atoms with Gasteiger partial charge in [0.1, 0.15) is 18.1 Å². The molecule has 166 valence electrons. The van der Waals surface area contributed by atoms with E-state index in [9.17, 15) is 4.79 Å². The maximum absolute atomic E-state index is 12.8. The van der Waals surface area contributed by atoms with E-state index in [1.165, 1.54) is 0 Å². The molecule has 1 aliphatic rings. The molecule has 32 heavy (non-hydrogen) atoms. The lowest BCUT2D eigenvalue weighted by atomic mass is 10.1. The van der Waals surface area contributed by atoms with Crippen LogP contribution < -0.4 is 14.8 Å². The molecule has 1 aliphatic heterocycles. The zero-order chi connectivity index (χ0) is 22.3. The summed E-state index contributed by atoms with van der Waals surface area (Å²) in [5.74, 6) is 1.53. The minimum absolute atomic E-state index is 0.174. The molecule has 0 aliphatic carbocycles. The molecular weight excluding hydrogens is 428 g/mol. The molecule has 0 spiro atoms. The zero-order valence-corrected chi connectivity index (χ0v) is 18.6. The van der Waals surface area contributed by atoms with Gasteiger partial charge in [0.2, 0.25) is 0 Å². The van der Waals surface area contributed by atoms with Gasteiger partial charge in [0.25, 0.3) is 0 Å². The first-order valence-electron chi connectivity index (χ1n) is 10.4. The Morgan fingerprint density at radius 2 is 1.91 bits per heavy atom. The highest BCUT2D eigenvalue weighted by Crippen LogP contribution is 2.26. The van der Waals surface area contributed by atoms with Crippen molar-refractivity contribution in [1.29, 1.82) is 0 Å². The minimum atomic E-state index is -0.174. The van der Waals surface area contributed by atoms with Gasteiger partial charge in [-0.1, -0.05) is 35.9 Å². The molecule has 0 radical (unpaired) electrons. The summed E-state index contributed by atoms with van der Waals surface area (Å²) in [6, 6.07) is 20.7. The Kier molecular flexibility index (Phi) is 7.14. The molecule has 2 amide bonds. The molecule has 0 bridgehead atoms. The van der Waals surface area contributed by atoms with E-state index in [4.69, 9.17) is 25.8 Å². The second-order valence-corrected chi connectivity index (χ2v) is 7.86. The molecule has 0 saturated heterocycles. The summed E-state index contributed by atoms with van der Waals surface area (Å²) in [7, 11) is 1.61. The van der Waals surface area contributed by atoms with Crippen LogP contribution in [0.3, 0.4) is 0 Å². The number of rotatable bonds is 6. The number of nitrogens with one attached hydrogen (secondary N) is 1. The highest BCUT2D eigenvalue weighted by atomic mass is 35.5. The average Bonchev–Trinajstić information content (AvgIpc) is 3.03. The molecule has 6 nitrogen and oxygen atoms in total. The predicted molar refractivity (Wildman–Crippen MR) is 124 cm³/mol. The van der Waals surface area contributed by atoms with Crippen molar-refractivity contribution in [2.45, 2.75) is 19.8 Å². The van der Waals surface area contributed by atoms with Crippen molar-refractivity contribution < 1.29 is 19.0 Å². The third-order valence-electron chi connectivity index (χ3n) is 5.22. The van der Waals surface area contributed by atoms with Crippen molar-refractivity contribution >= 4 is 23.3 Å². The van der Waals surface area contributed by atoms with Crippen molar-refractivity contribution in [3.63, 3.8) is 0 Å². The molecule has 1 N–H and O–H groups in total. The largest absolute Gasteiger partial charge is 0.497 e. The molecule has 3 aromatic carbocycles. The van der Waals surface area contributed by atoms with Crippen LogP contribution in [0.4, 0.5) is 10.5 Å². The molecule has 0 atom stereocenters. The number of fused-ring (bicyclic) bond motifs is 1. The van der Waals surface area contributed by atoms with E-state index in [1.54, 1.807) is 12.0 Å². The second kappa shape index (κ2) is 10.4. The minimum Gasteiger partial charge on any atom is -0.497 e. The number of hydrogen-bond donors (Lipinski definition) is 1. The fraction of sp³-hybridized carbons (Fsp3) is 0.240. The summed E-state index contributed by atoms with van der Waals surface area (Å²) in [4.78, 5) is 14.6. The van der Waals surface area contributed by atoms with E-state index < -0.39 is 0 Å². The van der Waals surface area contributed by atoms with Crippen LogP contribution in [0, 0.1) is 0 Å². The Balaban J connectivity index is 1.38. The summed E-state index contributed by atoms with van der Waals surface area (Å²) in [6.07, 6.45) is 0. The average molecular weight is 453 g/mol. The van der Waals surface area contributed by atoms with E-state index in [-0.39, 0.29) is 6.03 Å². The summed E-state index contributed by atoms with van der Waals surface area (Å²) < 4.78 is 16.9. The van der Waals surface area contributed by atoms with Crippen molar-refractivity contribution in [3.8, 4) is 11.5 Å². The highest BCUT2D eigenvalue weighted by Gasteiger charge is 2.20. The Morgan fingerprint density at radius 3 is 2.69 bits per heavy atom. The van der Waals surface area contributed by atoms with Gasteiger partial charge in [0.05, 0.1) is 33.4 Å². The normalized spacial score (nSPS) is 13.0. The number of hydrogen-bond acceptors (Lipinski definition) is 4. The maximum Gasteiger partial charge on any atom is 0.322 e. The molecule has 0 saturated carbocycles. The lowest BCUT2D eigenvalue weighted by molar-refractivity contribution is 0.107. The molecule has 4 rings (SSSR count). The first-order chi connectivity index (χ1) is 15.6. The van der Waals surface area contributed by atoms with Gasteiger partial charge in [-0.05, 0) is 53.6 Å². The SMILES string of the molecule is COc1ccc(NC(=O)N2CCOc3ccc(COCc4ccccc4Cl)cc3C2)cc1. The molecule has 0 unspecified atom stereocenters. The van der Waals surface area contributed by atoms with Crippen LogP contribution in [-0.4, -0.2) is 31.2 Å². The van der Waals surface area contributed by atoms with Crippen molar-refractivity contribution in [3.05, 3.63) is 88.4 Å². The highest BCUT2D eigenvalue weighted by molar-refractivity contribution is 6.31. The zero-order valence-electron chi connectivity index (χ0n) is 17.8. The standard InChI is InChI=1S/C25H25ClN2O4/c1-30-22-9-7-21(8-10-22)27-25(29)28-12-13-32-24-11-6-18(14-20(24)15-28)16-31-17-19-4-2-3-5-23(19)26/h2-11,14H,12-13,15-17H2,1H3,(H,27,29). The third-order valence-corrected chi connectivity index (χ3v) is 5.59. The lowest BCUT2D eigenvalue weighted by Gasteiger charge is -2.20. The molecule has 0 aromatic heterocycles. The van der Waals surface area contributed by atoms with Crippen LogP contribution in [0.25, 0.3) is 0 Å². The summed E-state index contributed by atoms with van der Waals surface area (Å²) in [5.41, 5.74) is 3.62. The second-order valence-electron chi connectivity index (χ2n) is 7.45. The predicted octanol–water partition coefficient (Wildman–Crippen LogP) is 5.49. The number of nitrogens with zero attached hydrogens (tertiary/aromatic N) is 1. The van der Waals surface area contributed by atoms with Crippen LogP contribution in [0.2, 0.25) is 5.02 Å². The van der Waals surface area contributed by atoms with E-state index in [2.05, 4.69) is 5.32 Å². The van der Waals surface area contributed by atoms with Gasteiger partial charge in [-0.2, -0.15) is 0 Å². The first-order valence-corrected chi connectivity index (χ1v) is 10.8. The van der Waals surface area contributed by atoms with Gasteiger partial charge < -0.3 is 24.4 Å². The Hall–Kier alpha value is -3.22. The molecular formula is C25H25ClN2O4. The van der Waals surface area contributed by atoms with Crippen LogP contribution in [-0.2, 0) is 24.5 Å². The van der Waals surface area contributed by atoms with Crippen LogP contribution in [0.1, 0.15) is 16.7 Å². The topological polar surface area (TPSA) is 60.0 Å². The van der Waals surface area contributed by atoms with Gasteiger partial charge in [0, 0.05) is 16.3 Å². The van der Waals surface area contributed by atoms with Gasteiger partial charge in [-0.25, -0.2) is 4.79 Å². The molecule has 0 fully saturated rings. The smallest absolute Gasteiger partial charge is 0.322 e. The number of halogens is 1. The van der Waals surface area contributed by atoms with Gasteiger partial charge >= 0.3 is 6.03 Å². The molecule has 3 aromatic rings. The Labute approximate surface area is 192 Å². The number of amides is 2. The number of ether oxygens (including phenoxy) is 3. The van der Waals surface area contributed by atoms with Gasteiger partial charge in [-0.3, -0.25) is 0 Å². The number of urea groups is 1. The Morgan fingerprint density at radius 1 is 1.09 bits per heavy atom. The quantitative estimate of drug-likeness (QED) is 0.537. The summed E-state index contributed by atoms with van der Waals surface area (Å²) >= 11 is 6.19. The Bertz CT molecular complexity index is 1070. The first kappa shape index (κ1) is 22.0. The number of methoxy groups -OCH3 is 1. The van der Waals surface area contributed by atoms with E-state index in [0.717, 1.165) is 28.2 Å². The number of anilines is 1. The fourth-order valence-corrected chi connectivity index (χ4v) is 3.67. The fourth-order valence-electron chi connectivity index (χ4n) is 3.48. The number of benzene rings is 3. The number of carbonyl (C=O) groups is 1. The summed E-state index contributed by atoms with van der Waals surface area (Å²) in [6.45, 7) is 2.26. The van der Waals surface area contributed by atoms with E-state index >= 15 is 0 Å². The lowest BCUT2D eigenvalue weighted by Crippen LogP contribution is -2.36. The van der Waals surface area contributed by atoms with E-state index in [1.807, 2.05) is 66.7 Å². The summed E-state index contributed by atoms with van der Waals surface area (Å²) in [5, 5.41) is 3.63. The maximum atomic E-state index is 12.8. The van der Waals surface area contributed by atoms with Crippen molar-refractivity contribution in [2.24, 2.45) is 0 Å². The molecule has 7 heteroatoms. The van der Waals surface area contributed by atoms with Crippen LogP contribution >= 0.6 is 11.6 Å². The number of carbonyl (C=O) groups excluding carboxylic acids is 1. The van der Waals surface area contributed by atoms with Gasteiger partial charge in [-0.15, -0.1) is 0 Å². The van der Waals surface area contributed by atoms with E-state index in [0.29, 0.717) is 43.6 Å².